The molecule has 2 heterocycles. The molecule has 0 aliphatic rings. The molecule has 6 nitrogen and oxygen atoms in total. The highest BCUT2D eigenvalue weighted by atomic mass is 16.2. The van der Waals surface area contributed by atoms with E-state index in [9.17, 15) is 4.79 Å². The van der Waals surface area contributed by atoms with Crippen LogP contribution in [0.1, 0.15) is 33.4 Å². The summed E-state index contributed by atoms with van der Waals surface area (Å²) in [6, 6.07) is 1.56. The first kappa shape index (κ1) is 14.3. The predicted octanol–water partition coefficient (Wildman–Crippen LogP) is 1.75. The Labute approximate surface area is 118 Å². The maximum atomic E-state index is 12.1. The van der Waals surface area contributed by atoms with E-state index in [1.807, 2.05) is 40.7 Å². The minimum absolute atomic E-state index is 0.0578. The smallest absolute Gasteiger partial charge is 0.242 e. The molecule has 20 heavy (non-hydrogen) atoms. The Kier molecular flexibility index (Phi) is 3.65. The Bertz CT molecular complexity index is 626. The van der Waals surface area contributed by atoms with E-state index < -0.39 is 0 Å². The molecule has 0 fully saturated rings. The first-order chi connectivity index (χ1) is 9.26. The van der Waals surface area contributed by atoms with Crippen LogP contribution in [0.3, 0.4) is 0 Å². The second-order valence-corrected chi connectivity index (χ2v) is 6.00. The molecular weight excluding hydrogens is 254 g/mol. The lowest BCUT2D eigenvalue weighted by molar-refractivity contribution is -0.122. The molecule has 0 saturated carbocycles. The van der Waals surface area contributed by atoms with Crippen molar-refractivity contribution >= 4 is 17.2 Å². The summed E-state index contributed by atoms with van der Waals surface area (Å²) in [6.45, 7) is 9.60. The second kappa shape index (κ2) is 5.11. The van der Waals surface area contributed by atoms with Gasteiger partial charge in [0.1, 0.15) is 11.6 Å². The third-order valence-corrected chi connectivity index (χ3v) is 2.76. The highest BCUT2D eigenvalue weighted by molar-refractivity contribution is 5.85. The molecular formula is C14H21N5O. The number of hydrogen-bond donors (Lipinski definition) is 2. The Balaban J connectivity index is 2.17. The summed E-state index contributed by atoms with van der Waals surface area (Å²) in [7, 11) is 0. The van der Waals surface area contributed by atoms with Crippen LogP contribution < -0.4 is 10.6 Å². The molecule has 0 aliphatic heterocycles. The van der Waals surface area contributed by atoms with Crippen LogP contribution in [0.4, 0.5) is 5.82 Å². The molecule has 1 amide bonds. The van der Waals surface area contributed by atoms with E-state index in [0.717, 1.165) is 11.2 Å². The fourth-order valence-corrected chi connectivity index (χ4v) is 1.90. The van der Waals surface area contributed by atoms with E-state index in [0.29, 0.717) is 5.82 Å². The van der Waals surface area contributed by atoms with Crippen LogP contribution in [-0.4, -0.2) is 32.1 Å². The number of aryl methyl sites for hydroxylation is 1. The largest absolute Gasteiger partial charge is 0.357 e. The van der Waals surface area contributed by atoms with Gasteiger partial charge in [0.25, 0.3) is 0 Å². The number of amides is 1. The van der Waals surface area contributed by atoms with Crippen LogP contribution in [0.5, 0.6) is 0 Å². The average Bonchev–Trinajstić information content (AvgIpc) is 2.68. The maximum Gasteiger partial charge on any atom is 0.242 e. The lowest BCUT2D eigenvalue weighted by atomic mass is 10.1. The fraction of sp³-hybridized carbons (Fsp3) is 0.500. The number of aromatic nitrogens is 3. The summed E-state index contributed by atoms with van der Waals surface area (Å²) in [6.07, 6.45) is 3.45. The molecule has 0 aliphatic carbocycles. The molecule has 108 valence electrons. The van der Waals surface area contributed by atoms with Crippen molar-refractivity contribution < 1.29 is 4.79 Å². The fourth-order valence-electron chi connectivity index (χ4n) is 1.90. The Morgan fingerprint density at radius 1 is 1.40 bits per heavy atom. The summed E-state index contributed by atoms with van der Waals surface area (Å²) >= 11 is 0. The van der Waals surface area contributed by atoms with E-state index >= 15 is 0 Å². The SMILES string of the molecule is Cc1cc2c(NC(C)C(=O)NC(C)(C)C)nccn2n1. The molecule has 1 unspecified atom stereocenters. The number of nitrogens with zero attached hydrogens (tertiary/aromatic N) is 3. The highest BCUT2D eigenvalue weighted by Gasteiger charge is 2.20. The van der Waals surface area contributed by atoms with Crippen molar-refractivity contribution in [2.45, 2.75) is 46.2 Å². The molecule has 0 saturated heterocycles. The van der Waals surface area contributed by atoms with Crippen molar-refractivity contribution in [3.63, 3.8) is 0 Å². The van der Waals surface area contributed by atoms with Crippen LogP contribution >= 0.6 is 0 Å². The van der Waals surface area contributed by atoms with Gasteiger partial charge in [-0.2, -0.15) is 5.10 Å². The van der Waals surface area contributed by atoms with Gasteiger partial charge in [-0.1, -0.05) is 0 Å². The van der Waals surface area contributed by atoms with Crippen molar-refractivity contribution in [3.8, 4) is 0 Å². The van der Waals surface area contributed by atoms with Gasteiger partial charge in [0, 0.05) is 17.9 Å². The first-order valence-corrected chi connectivity index (χ1v) is 6.66. The second-order valence-electron chi connectivity index (χ2n) is 6.00. The number of fused-ring (bicyclic) bond motifs is 1. The Hall–Kier alpha value is -2.11. The summed E-state index contributed by atoms with van der Waals surface area (Å²) in [5.41, 5.74) is 1.52. The summed E-state index contributed by atoms with van der Waals surface area (Å²) in [5.74, 6) is 0.599. The zero-order valence-electron chi connectivity index (χ0n) is 12.6. The Morgan fingerprint density at radius 3 is 2.75 bits per heavy atom. The van der Waals surface area contributed by atoms with Gasteiger partial charge in [0.05, 0.1) is 5.69 Å². The molecule has 0 spiro atoms. The number of hydrogen-bond acceptors (Lipinski definition) is 4. The average molecular weight is 275 g/mol. The predicted molar refractivity (Wildman–Crippen MR) is 78.7 cm³/mol. The van der Waals surface area contributed by atoms with Crippen molar-refractivity contribution in [2.75, 3.05) is 5.32 Å². The van der Waals surface area contributed by atoms with Crippen LogP contribution in [0.25, 0.3) is 5.52 Å². The lowest BCUT2D eigenvalue weighted by Gasteiger charge is -2.24. The molecule has 1 atom stereocenters. The van der Waals surface area contributed by atoms with Gasteiger partial charge < -0.3 is 10.6 Å². The van der Waals surface area contributed by atoms with E-state index in [-0.39, 0.29) is 17.5 Å². The summed E-state index contributed by atoms with van der Waals surface area (Å²) < 4.78 is 1.75. The monoisotopic (exact) mass is 275 g/mol. The van der Waals surface area contributed by atoms with Gasteiger partial charge in [-0.3, -0.25) is 4.79 Å². The van der Waals surface area contributed by atoms with E-state index in [2.05, 4.69) is 20.7 Å². The number of rotatable bonds is 3. The first-order valence-electron chi connectivity index (χ1n) is 6.66. The lowest BCUT2D eigenvalue weighted by Crippen LogP contribution is -2.47. The van der Waals surface area contributed by atoms with Crippen molar-refractivity contribution in [1.29, 1.82) is 0 Å². The molecule has 2 aromatic rings. The number of carbonyl (C=O) groups is 1. The van der Waals surface area contributed by atoms with Crippen LogP contribution in [0.2, 0.25) is 0 Å². The third kappa shape index (κ3) is 3.26. The normalized spacial score (nSPS) is 13.2. The molecule has 6 heteroatoms. The zero-order valence-corrected chi connectivity index (χ0v) is 12.6. The summed E-state index contributed by atoms with van der Waals surface area (Å²) in [4.78, 5) is 16.4. The van der Waals surface area contributed by atoms with Crippen molar-refractivity contribution in [2.24, 2.45) is 0 Å². The number of anilines is 1. The third-order valence-electron chi connectivity index (χ3n) is 2.76. The topological polar surface area (TPSA) is 71.3 Å². The quantitative estimate of drug-likeness (QED) is 0.895. The van der Waals surface area contributed by atoms with E-state index in [1.54, 1.807) is 16.9 Å². The molecule has 0 bridgehead atoms. The van der Waals surface area contributed by atoms with Gasteiger partial charge in [-0.15, -0.1) is 0 Å². The van der Waals surface area contributed by atoms with Gasteiger partial charge in [0.2, 0.25) is 5.91 Å². The van der Waals surface area contributed by atoms with E-state index in [1.165, 1.54) is 0 Å². The van der Waals surface area contributed by atoms with Crippen LogP contribution in [0.15, 0.2) is 18.5 Å². The standard InChI is InChI=1S/C14H21N5O/c1-9-8-11-12(15-6-7-19(11)18-9)16-10(2)13(20)17-14(3,4)5/h6-8,10H,1-5H3,(H,15,16)(H,17,20). The molecule has 0 aromatic carbocycles. The van der Waals surface area contributed by atoms with Crippen molar-refractivity contribution in [1.82, 2.24) is 19.9 Å². The number of carbonyl (C=O) groups excluding carboxylic acids is 1. The highest BCUT2D eigenvalue weighted by Crippen LogP contribution is 2.15. The molecule has 2 rings (SSSR count). The van der Waals surface area contributed by atoms with Crippen LogP contribution in [-0.2, 0) is 4.79 Å². The van der Waals surface area contributed by atoms with Gasteiger partial charge in [-0.05, 0) is 40.7 Å². The van der Waals surface area contributed by atoms with Crippen molar-refractivity contribution in [3.05, 3.63) is 24.2 Å². The maximum absolute atomic E-state index is 12.1. The molecule has 0 radical (unpaired) electrons. The minimum atomic E-state index is -0.372. The zero-order chi connectivity index (χ0) is 14.9. The molecule has 2 N–H and O–H groups in total. The number of nitrogens with one attached hydrogen (secondary N) is 2. The van der Waals surface area contributed by atoms with Gasteiger partial charge >= 0.3 is 0 Å². The Morgan fingerprint density at radius 2 is 2.10 bits per heavy atom. The molecule has 2 aromatic heterocycles. The van der Waals surface area contributed by atoms with Gasteiger partial charge in [-0.25, -0.2) is 9.50 Å². The van der Waals surface area contributed by atoms with Crippen LogP contribution in [0, 0.1) is 6.92 Å². The van der Waals surface area contributed by atoms with E-state index in [4.69, 9.17) is 0 Å². The summed E-state index contributed by atoms with van der Waals surface area (Å²) in [5, 5.41) is 10.4. The van der Waals surface area contributed by atoms with Gasteiger partial charge in [0.15, 0.2) is 5.82 Å². The minimum Gasteiger partial charge on any atom is -0.357 e.